The highest BCUT2D eigenvalue weighted by molar-refractivity contribution is 5.71. The Morgan fingerprint density at radius 3 is 2.60 bits per heavy atom. The quantitative estimate of drug-likeness (QED) is 0.352. The summed E-state index contributed by atoms with van der Waals surface area (Å²) in [5.41, 5.74) is 0. The summed E-state index contributed by atoms with van der Waals surface area (Å²) in [4.78, 5) is 32.0. The maximum atomic E-state index is 12.4. The molecule has 0 spiro atoms. The Labute approximate surface area is 86.5 Å². The first-order chi connectivity index (χ1) is 7.13. The van der Waals surface area contributed by atoms with Gasteiger partial charge in [-0.15, -0.1) is 0 Å². The Balaban J connectivity index is 4.06. The van der Waals surface area contributed by atoms with Crippen LogP contribution in [-0.2, 0) is 19.1 Å². The van der Waals surface area contributed by atoms with Crippen LogP contribution in [0, 0.1) is 0 Å². The van der Waals surface area contributed by atoms with E-state index in [4.69, 9.17) is 0 Å². The van der Waals surface area contributed by atoms with Crippen molar-refractivity contribution in [2.75, 3.05) is 13.2 Å². The van der Waals surface area contributed by atoms with Gasteiger partial charge in [-0.2, -0.15) is 0 Å². The maximum Gasteiger partial charge on any atom is 0.307 e. The van der Waals surface area contributed by atoms with E-state index in [2.05, 4.69) is 4.74 Å². The summed E-state index contributed by atoms with van der Waals surface area (Å²) in [6.45, 7) is 1.88. The second-order valence-electron chi connectivity index (χ2n) is 2.53. The Hall–Kier alpha value is -1.72. The van der Waals surface area contributed by atoms with E-state index in [0.29, 0.717) is 6.41 Å². The molecule has 0 aliphatic rings. The lowest BCUT2D eigenvalue weighted by Crippen LogP contribution is -2.20. The summed E-state index contributed by atoms with van der Waals surface area (Å²) in [5.74, 6) is -1.56. The highest BCUT2D eigenvalue weighted by Gasteiger charge is 2.06. The van der Waals surface area contributed by atoms with Crippen molar-refractivity contribution >= 4 is 18.7 Å². The maximum absolute atomic E-state index is 12.4. The monoisotopic (exact) mass is 217 g/mol. The molecule has 0 bridgehead atoms. The zero-order valence-electron chi connectivity index (χ0n) is 8.31. The van der Waals surface area contributed by atoms with E-state index in [1.54, 1.807) is 6.92 Å². The van der Waals surface area contributed by atoms with Gasteiger partial charge in [0.25, 0.3) is 0 Å². The van der Waals surface area contributed by atoms with Gasteiger partial charge in [-0.3, -0.25) is 14.4 Å². The number of carbonyl (C=O) groups excluding carboxylic acids is 3. The number of halogens is 1. The van der Waals surface area contributed by atoms with Crippen LogP contribution in [-0.4, -0.2) is 36.7 Å². The van der Waals surface area contributed by atoms with Gasteiger partial charge >= 0.3 is 5.97 Å². The van der Waals surface area contributed by atoms with Gasteiger partial charge < -0.3 is 9.64 Å². The molecule has 6 heteroatoms. The van der Waals surface area contributed by atoms with Gasteiger partial charge in [-0.1, -0.05) is 0 Å². The van der Waals surface area contributed by atoms with Gasteiger partial charge in [0, 0.05) is 12.7 Å². The minimum Gasteiger partial charge on any atom is -0.466 e. The van der Waals surface area contributed by atoms with Crippen molar-refractivity contribution in [2.45, 2.75) is 13.3 Å². The van der Waals surface area contributed by atoms with Crippen molar-refractivity contribution in [3.63, 3.8) is 0 Å². The number of hydrogen-bond acceptors (Lipinski definition) is 4. The first-order valence-electron chi connectivity index (χ1n) is 4.33. The number of ether oxygens (including phenoxy) is 1. The molecule has 15 heavy (non-hydrogen) atoms. The van der Waals surface area contributed by atoms with Crippen LogP contribution >= 0.6 is 0 Å². The summed E-state index contributed by atoms with van der Waals surface area (Å²) in [6, 6.07) is 0. The van der Waals surface area contributed by atoms with Crippen LogP contribution in [0.4, 0.5) is 4.39 Å². The third-order valence-electron chi connectivity index (χ3n) is 1.42. The van der Waals surface area contributed by atoms with Gasteiger partial charge in [0.05, 0.1) is 13.0 Å². The lowest BCUT2D eigenvalue weighted by atomic mass is 10.4. The van der Waals surface area contributed by atoms with E-state index >= 15 is 0 Å². The zero-order valence-corrected chi connectivity index (χ0v) is 8.31. The molecule has 0 rings (SSSR count). The molecule has 1 amide bonds. The molecule has 0 aromatic heterocycles. The number of rotatable bonds is 7. The smallest absolute Gasteiger partial charge is 0.307 e. The fraction of sp³-hybridized carbons (Fsp3) is 0.444. The molecule has 0 aliphatic carbocycles. The predicted octanol–water partition coefficient (Wildman–Crippen LogP) is 0.408. The number of amides is 1. The summed E-state index contributed by atoms with van der Waals surface area (Å²) in [6.07, 6.45) is 0.970. The Bertz CT molecular complexity index is 265. The highest BCUT2D eigenvalue weighted by Crippen LogP contribution is 1.97. The van der Waals surface area contributed by atoms with Crippen molar-refractivity contribution in [1.82, 2.24) is 4.90 Å². The fourth-order valence-corrected chi connectivity index (χ4v) is 0.790. The number of nitrogens with zero attached hydrogens (tertiary/aromatic N) is 1. The van der Waals surface area contributed by atoms with Crippen LogP contribution in [0.15, 0.2) is 12.0 Å². The van der Waals surface area contributed by atoms with E-state index in [0.717, 1.165) is 11.1 Å². The molecule has 0 aromatic rings. The SMILES string of the molecule is CCOC(=O)CCN(C=O)/C=C(/F)C=O. The molecular formula is C9H12FNO4. The Morgan fingerprint density at radius 1 is 1.47 bits per heavy atom. The average Bonchev–Trinajstić information content (AvgIpc) is 2.24. The lowest BCUT2D eigenvalue weighted by Gasteiger charge is -2.10. The topological polar surface area (TPSA) is 63.7 Å². The minimum atomic E-state index is -1.08. The van der Waals surface area contributed by atoms with Crippen molar-refractivity contribution in [1.29, 1.82) is 0 Å². The first-order valence-corrected chi connectivity index (χ1v) is 4.33. The standard InChI is InChI=1S/C9H12FNO4/c1-2-15-9(14)3-4-11(7-13)5-8(10)6-12/h5-7H,2-4H2,1H3/b8-5+. The van der Waals surface area contributed by atoms with E-state index in [1.165, 1.54) is 0 Å². The number of carbonyl (C=O) groups is 3. The molecule has 0 N–H and O–H groups in total. The second kappa shape index (κ2) is 7.66. The van der Waals surface area contributed by atoms with Crippen molar-refractivity contribution < 1.29 is 23.5 Å². The molecular weight excluding hydrogens is 205 g/mol. The molecule has 0 heterocycles. The summed E-state index contributed by atoms with van der Waals surface area (Å²) >= 11 is 0. The molecule has 0 aliphatic heterocycles. The molecule has 0 radical (unpaired) electrons. The van der Waals surface area contributed by atoms with E-state index in [1.807, 2.05) is 0 Å². The number of esters is 1. The first kappa shape index (κ1) is 13.3. The highest BCUT2D eigenvalue weighted by atomic mass is 19.1. The third-order valence-corrected chi connectivity index (χ3v) is 1.42. The summed E-state index contributed by atoms with van der Waals surface area (Å²) in [7, 11) is 0. The largest absolute Gasteiger partial charge is 0.466 e. The summed E-state index contributed by atoms with van der Waals surface area (Å²) in [5, 5.41) is 0. The molecule has 0 unspecified atom stereocenters. The zero-order chi connectivity index (χ0) is 11.7. The normalized spacial score (nSPS) is 10.7. The van der Waals surface area contributed by atoms with Crippen LogP contribution < -0.4 is 0 Å². The fourth-order valence-electron chi connectivity index (χ4n) is 0.790. The van der Waals surface area contributed by atoms with Crippen molar-refractivity contribution in [3.05, 3.63) is 12.0 Å². The van der Waals surface area contributed by atoms with E-state index < -0.39 is 11.8 Å². The Morgan fingerprint density at radius 2 is 2.13 bits per heavy atom. The van der Waals surface area contributed by atoms with Crippen LogP contribution in [0.3, 0.4) is 0 Å². The van der Waals surface area contributed by atoms with Crippen LogP contribution in [0.25, 0.3) is 0 Å². The van der Waals surface area contributed by atoms with Gasteiger partial charge in [0.1, 0.15) is 0 Å². The number of allylic oxidation sites excluding steroid dienone is 1. The van der Waals surface area contributed by atoms with Gasteiger partial charge in [0.2, 0.25) is 6.41 Å². The van der Waals surface area contributed by atoms with E-state index in [-0.39, 0.29) is 25.9 Å². The van der Waals surface area contributed by atoms with E-state index in [9.17, 15) is 18.8 Å². The predicted molar refractivity (Wildman–Crippen MR) is 49.3 cm³/mol. The molecule has 0 saturated carbocycles. The molecule has 5 nitrogen and oxygen atoms in total. The molecule has 0 saturated heterocycles. The van der Waals surface area contributed by atoms with Gasteiger partial charge in [-0.25, -0.2) is 4.39 Å². The van der Waals surface area contributed by atoms with Crippen molar-refractivity contribution in [2.24, 2.45) is 0 Å². The lowest BCUT2D eigenvalue weighted by molar-refractivity contribution is -0.143. The van der Waals surface area contributed by atoms with Crippen LogP contribution in [0.5, 0.6) is 0 Å². The average molecular weight is 217 g/mol. The molecule has 0 fully saturated rings. The Kier molecular flexibility index (Phi) is 6.78. The minimum absolute atomic E-state index is 0.0242. The molecule has 84 valence electrons. The molecule has 0 aromatic carbocycles. The van der Waals surface area contributed by atoms with Gasteiger partial charge in [-0.05, 0) is 6.92 Å². The third kappa shape index (κ3) is 6.36. The number of aldehydes is 1. The second-order valence-corrected chi connectivity index (χ2v) is 2.53. The number of hydrogen-bond donors (Lipinski definition) is 0. The van der Waals surface area contributed by atoms with Crippen LogP contribution in [0.2, 0.25) is 0 Å². The summed E-state index contributed by atoms with van der Waals surface area (Å²) < 4.78 is 17.0. The molecule has 0 atom stereocenters. The van der Waals surface area contributed by atoms with Crippen LogP contribution in [0.1, 0.15) is 13.3 Å². The van der Waals surface area contributed by atoms with Crippen molar-refractivity contribution in [3.8, 4) is 0 Å². The van der Waals surface area contributed by atoms with Gasteiger partial charge in [0.15, 0.2) is 12.1 Å².